The molecule has 0 saturated carbocycles. The number of aromatic nitrogens is 2. The third-order valence-electron chi connectivity index (χ3n) is 4.67. The Labute approximate surface area is 173 Å². The molecule has 1 amide bonds. The minimum absolute atomic E-state index is 0.172. The highest BCUT2D eigenvalue weighted by Crippen LogP contribution is 2.27. The molecule has 1 aromatic heterocycles. The number of hydrogen-bond acceptors (Lipinski definition) is 7. The van der Waals surface area contributed by atoms with Crippen molar-refractivity contribution in [1.29, 1.82) is 0 Å². The van der Waals surface area contributed by atoms with E-state index >= 15 is 0 Å². The largest absolute Gasteiger partial charge is 0.470 e. The van der Waals surface area contributed by atoms with E-state index < -0.39 is 32.5 Å². The van der Waals surface area contributed by atoms with Crippen LogP contribution in [0.5, 0.6) is 5.88 Å². The number of anilines is 1. The van der Waals surface area contributed by atoms with E-state index in [9.17, 15) is 22.0 Å². The summed E-state index contributed by atoms with van der Waals surface area (Å²) in [4.78, 5) is 23.9. The number of sulfone groups is 1. The molecule has 1 atom stereocenters. The van der Waals surface area contributed by atoms with Gasteiger partial charge in [-0.25, -0.2) is 18.4 Å². The number of carbonyl (C=O) groups is 1. The predicted octanol–water partition coefficient (Wildman–Crippen LogP) is 2.22. The van der Waals surface area contributed by atoms with Crippen molar-refractivity contribution in [1.82, 2.24) is 14.9 Å². The Kier molecular flexibility index (Phi) is 6.49. The number of hydrogen-bond donors (Lipinski definition) is 0. The van der Waals surface area contributed by atoms with E-state index in [4.69, 9.17) is 4.74 Å². The van der Waals surface area contributed by atoms with Crippen LogP contribution in [0.1, 0.15) is 23.2 Å². The van der Waals surface area contributed by atoms with Gasteiger partial charge in [0.1, 0.15) is 6.10 Å². The van der Waals surface area contributed by atoms with Crippen molar-refractivity contribution in [3.63, 3.8) is 0 Å². The van der Waals surface area contributed by atoms with Gasteiger partial charge in [-0.2, -0.15) is 8.78 Å². The first-order chi connectivity index (χ1) is 14.2. The SMILES string of the molecule is CN(C)c1nccnc1OC1CCCN(C(=O)c2ccccc2S(=O)(=O)C(F)F)C1. The normalized spacial score (nSPS) is 17.1. The van der Waals surface area contributed by atoms with E-state index in [1.807, 2.05) is 0 Å². The second kappa shape index (κ2) is 8.90. The van der Waals surface area contributed by atoms with Crippen LogP contribution in [-0.2, 0) is 9.84 Å². The number of amides is 1. The van der Waals surface area contributed by atoms with Gasteiger partial charge in [0, 0.05) is 33.0 Å². The Balaban J connectivity index is 1.81. The Hall–Kier alpha value is -2.82. The zero-order valence-corrected chi connectivity index (χ0v) is 17.3. The first kappa shape index (κ1) is 21.9. The first-order valence-electron chi connectivity index (χ1n) is 9.27. The maximum absolute atomic E-state index is 13.0. The summed E-state index contributed by atoms with van der Waals surface area (Å²) in [5.41, 5.74) is -0.271. The van der Waals surface area contributed by atoms with Gasteiger partial charge in [-0.15, -0.1) is 0 Å². The fourth-order valence-electron chi connectivity index (χ4n) is 3.24. The molecule has 1 aliphatic heterocycles. The fourth-order valence-corrected chi connectivity index (χ4v) is 4.16. The minimum Gasteiger partial charge on any atom is -0.470 e. The van der Waals surface area contributed by atoms with Crippen molar-refractivity contribution in [2.45, 2.75) is 29.6 Å². The fraction of sp³-hybridized carbons (Fsp3) is 0.421. The van der Waals surface area contributed by atoms with Crippen molar-refractivity contribution in [2.24, 2.45) is 0 Å². The van der Waals surface area contributed by atoms with Crippen molar-refractivity contribution in [3.8, 4) is 5.88 Å². The maximum Gasteiger partial charge on any atom is 0.341 e. The summed E-state index contributed by atoms with van der Waals surface area (Å²) in [5.74, 6) is -3.38. The van der Waals surface area contributed by atoms with Crippen molar-refractivity contribution in [3.05, 3.63) is 42.2 Å². The number of piperidine rings is 1. The van der Waals surface area contributed by atoms with E-state index in [1.54, 1.807) is 25.2 Å². The van der Waals surface area contributed by atoms with Crippen LogP contribution in [0, 0.1) is 0 Å². The topological polar surface area (TPSA) is 92.7 Å². The van der Waals surface area contributed by atoms with Gasteiger partial charge in [0.05, 0.1) is 17.0 Å². The van der Waals surface area contributed by atoms with E-state index in [2.05, 4.69) is 9.97 Å². The number of benzene rings is 1. The lowest BCUT2D eigenvalue weighted by Crippen LogP contribution is -2.45. The van der Waals surface area contributed by atoms with E-state index in [1.165, 1.54) is 29.3 Å². The zero-order valence-electron chi connectivity index (χ0n) is 16.5. The summed E-state index contributed by atoms with van der Waals surface area (Å²) < 4.78 is 56.0. The molecule has 0 N–H and O–H groups in total. The Morgan fingerprint density at radius 3 is 2.63 bits per heavy atom. The summed E-state index contributed by atoms with van der Waals surface area (Å²) in [7, 11) is -1.31. The predicted molar refractivity (Wildman–Crippen MR) is 106 cm³/mol. The minimum atomic E-state index is -4.90. The van der Waals surface area contributed by atoms with Gasteiger partial charge in [0.25, 0.3) is 11.8 Å². The second-order valence-corrected chi connectivity index (χ2v) is 8.90. The standard InChI is InChI=1S/C19H22F2N4O4S/c1-24(2)16-17(23-10-9-22-16)29-13-6-5-11-25(12-13)18(26)14-7-3-4-8-15(14)30(27,28)19(20)21/h3-4,7-10,13,19H,5-6,11-12H2,1-2H3. The van der Waals surface area contributed by atoms with Crippen LogP contribution in [0.3, 0.4) is 0 Å². The molecule has 0 spiro atoms. The average molecular weight is 440 g/mol. The van der Waals surface area contributed by atoms with Crippen molar-refractivity contribution < 1.29 is 26.7 Å². The van der Waals surface area contributed by atoms with Crippen molar-refractivity contribution in [2.75, 3.05) is 32.1 Å². The smallest absolute Gasteiger partial charge is 0.341 e. The molecule has 1 unspecified atom stereocenters. The molecular formula is C19H22F2N4O4S. The van der Waals surface area contributed by atoms with Crippen LogP contribution in [-0.4, -0.2) is 68.2 Å². The molecule has 1 aliphatic rings. The van der Waals surface area contributed by atoms with E-state index in [-0.39, 0.29) is 12.1 Å². The van der Waals surface area contributed by atoms with Gasteiger partial charge in [0.2, 0.25) is 9.84 Å². The maximum atomic E-state index is 13.0. The Bertz CT molecular complexity index is 1020. The van der Waals surface area contributed by atoms with Crippen LogP contribution >= 0.6 is 0 Å². The number of rotatable bonds is 6. The molecule has 0 aliphatic carbocycles. The van der Waals surface area contributed by atoms with Gasteiger partial charge in [0.15, 0.2) is 5.82 Å². The molecule has 2 aromatic rings. The number of ether oxygens (including phenoxy) is 1. The summed E-state index contributed by atoms with van der Waals surface area (Å²) in [5, 5.41) is 0. The lowest BCUT2D eigenvalue weighted by molar-refractivity contribution is 0.0525. The zero-order chi connectivity index (χ0) is 21.9. The molecule has 1 fully saturated rings. The van der Waals surface area contributed by atoms with Gasteiger partial charge in [-0.3, -0.25) is 4.79 Å². The molecule has 162 valence electrons. The molecule has 2 heterocycles. The lowest BCUT2D eigenvalue weighted by atomic mass is 10.1. The number of carbonyl (C=O) groups excluding carboxylic acids is 1. The lowest BCUT2D eigenvalue weighted by Gasteiger charge is -2.33. The van der Waals surface area contributed by atoms with Gasteiger partial charge in [-0.05, 0) is 25.0 Å². The molecule has 11 heteroatoms. The number of nitrogens with zero attached hydrogens (tertiary/aromatic N) is 4. The van der Waals surface area contributed by atoms with Crippen LogP contribution in [0.2, 0.25) is 0 Å². The molecule has 1 aromatic carbocycles. The monoisotopic (exact) mass is 440 g/mol. The molecule has 3 rings (SSSR count). The third kappa shape index (κ3) is 4.50. The Morgan fingerprint density at radius 2 is 1.93 bits per heavy atom. The highest BCUT2D eigenvalue weighted by molar-refractivity contribution is 7.91. The van der Waals surface area contributed by atoms with Gasteiger partial charge in [-0.1, -0.05) is 12.1 Å². The molecule has 1 saturated heterocycles. The summed E-state index contributed by atoms with van der Waals surface area (Å²) in [6.45, 7) is 0.536. The number of alkyl halides is 2. The number of likely N-dealkylation sites (tertiary alicyclic amines) is 1. The summed E-state index contributed by atoms with van der Waals surface area (Å²) >= 11 is 0. The van der Waals surface area contributed by atoms with Crippen LogP contribution in [0.4, 0.5) is 14.6 Å². The highest BCUT2D eigenvalue weighted by Gasteiger charge is 2.34. The van der Waals surface area contributed by atoms with E-state index in [0.29, 0.717) is 31.1 Å². The summed E-state index contributed by atoms with van der Waals surface area (Å²) in [6.07, 6.45) is 3.91. The third-order valence-corrected chi connectivity index (χ3v) is 6.11. The van der Waals surface area contributed by atoms with Crippen LogP contribution in [0.25, 0.3) is 0 Å². The van der Waals surface area contributed by atoms with Crippen LogP contribution in [0.15, 0.2) is 41.6 Å². The highest BCUT2D eigenvalue weighted by atomic mass is 32.2. The Morgan fingerprint density at radius 1 is 1.23 bits per heavy atom. The molecule has 0 radical (unpaired) electrons. The second-order valence-electron chi connectivity index (χ2n) is 7.01. The van der Waals surface area contributed by atoms with Gasteiger partial charge >= 0.3 is 5.76 Å². The molecule has 30 heavy (non-hydrogen) atoms. The van der Waals surface area contributed by atoms with Crippen molar-refractivity contribution >= 4 is 21.6 Å². The first-order valence-corrected chi connectivity index (χ1v) is 10.8. The summed E-state index contributed by atoms with van der Waals surface area (Å²) in [6, 6.07) is 5.02. The molecule has 0 bridgehead atoms. The van der Waals surface area contributed by atoms with Crippen LogP contribution < -0.4 is 9.64 Å². The van der Waals surface area contributed by atoms with E-state index in [0.717, 1.165) is 6.07 Å². The molecule has 8 nitrogen and oxygen atoms in total. The number of halogens is 2. The van der Waals surface area contributed by atoms with Gasteiger partial charge < -0.3 is 14.5 Å². The molecular weight excluding hydrogens is 418 g/mol. The quantitative estimate of drug-likeness (QED) is 0.680. The average Bonchev–Trinajstić information content (AvgIpc) is 2.73.